The van der Waals surface area contributed by atoms with Crippen molar-refractivity contribution in [2.45, 2.75) is 48.0 Å². The standard InChI is InChI=1S/C24H33N3O5S/c1-27(2)20-11-9-19(10-12-20)24(23(28)26-29,25-17-18-7-5-4-6-8-18)33(30,31)22-15-13-21(32-3)14-16-22/h4-8,13-16,19-20,25,29H,9-12,17H2,1-3H3,(H,26,28)/t19?,20?,24-/m1/s1. The van der Waals surface area contributed by atoms with E-state index in [4.69, 9.17) is 4.74 Å². The summed E-state index contributed by atoms with van der Waals surface area (Å²) in [5.41, 5.74) is 2.49. The maximum atomic E-state index is 14.1. The van der Waals surface area contributed by atoms with Crippen LogP contribution < -0.4 is 15.5 Å². The number of hydrogen-bond donors (Lipinski definition) is 3. The van der Waals surface area contributed by atoms with Crippen LogP contribution in [0.15, 0.2) is 59.5 Å². The third-order valence-electron chi connectivity index (χ3n) is 6.63. The van der Waals surface area contributed by atoms with Gasteiger partial charge in [0.15, 0.2) is 0 Å². The van der Waals surface area contributed by atoms with Gasteiger partial charge in [0.25, 0.3) is 5.91 Å². The van der Waals surface area contributed by atoms with E-state index in [2.05, 4.69) is 10.2 Å². The molecule has 0 radical (unpaired) electrons. The summed E-state index contributed by atoms with van der Waals surface area (Å²) in [6.45, 7) is 0.150. The van der Waals surface area contributed by atoms with Gasteiger partial charge in [0, 0.05) is 18.5 Å². The number of nitrogens with one attached hydrogen (secondary N) is 2. The van der Waals surface area contributed by atoms with Crippen LogP contribution in [0.2, 0.25) is 0 Å². The van der Waals surface area contributed by atoms with E-state index in [9.17, 15) is 18.4 Å². The smallest absolute Gasteiger partial charge is 0.280 e. The van der Waals surface area contributed by atoms with Crippen molar-refractivity contribution < 1.29 is 23.2 Å². The van der Waals surface area contributed by atoms with Gasteiger partial charge in [0.2, 0.25) is 14.7 Å². The molecule has 0 bridgehead atoms. The summed E-state index contributed by atoms with van der Waals surface area (Å²) in [5.74, 6) is -0.992. The molecular formula is C24H33N3O5S. The average Bonchev–Trinajstić information content (AvgIpc) is 2.85. The minimum Gasteiger partial charge on any atom is -0.497 e. The highest BCUT2D eigenvalue weighted by molar-refractivity contribution is 7.93. The number of hydrogen-bond acceptors (Lipinski definition) is 7. The van der Waals surface area contributed by atoms with E-state index in [1.165, 1.54) is 19.2 Å². The Morgan fingerprint density at radius 1 is 1.06 bits per heavy atom. The van der Waals surface area contributed by atoms with E-state index in [1.807, 2.05) is 44.4 Å². The van der Waals surface area contributed by atoms with Crippen LogP contribution >= 0.6 is 0 Å². The Morgan fingerprint density at radius 3 is 2.18 bits per heavy atom. The van der Waals surface area contributed by atoms with Crippen molar-refractivity contribution in [1.29, 1.82) is 0 Å². The molecule has 2 aromatic rings. The molecule has 1 atom stereocenters. The van der Waals surface area contributed by atoms with Gasteiger partial charge in [-0.15, -0.1) is 0 Å². The first kappa shape index (κ1) is 25.2. The van der Waals surface area contributed by atoms with Gasteiger partial charge in [-0.05, 0) is 69.6 Å². The van der Waals surface area contributed by atoms with Gasteiger partial charge in [-0.2, -0.15) is 0 Å². The number of hydroxylamine groups is 1. The first-order chi connectivity index (χ1) is 15.8. The van der Waals surface area contributed by atoms with Crippen LogP contribution in [-0.4, -0.2) is 56.6 Å². The van der Waals surface area contributed by atoms with Crippen LogP contribution in [0.3, 0.4) is 0 Å². The van der Waals surface area contributed by atoms with E-state index in [0.717, 1.165) is 18.4 Å². The third-order valence-corrected chi connectivity index (χ3v) is 9.04. The van der Waals surface area contributed by atoms with Crippen molar-refractivity contribution in [3.8, 4) is 5.75 Å². The fourth-order valence-electron chi connectivity index (χ4n) is 4.70. The number of nitrogens with zero attached hydrogens (tertiary/aromatic N) is 1. The predicted octanol–water partition coefficient (Wildman–Crippen LogP) is 2.58. The average molecular weight is 476 g/mol. The second-order valence-electron chi connectivity index (χ2n) is 8.66. The summed E-state index contributed by atoms with van der Waals surface area (Å²) in [6, 6.07) is 15.6. The van der Waals surface area contributed by atoms with Gasteiger partial charge in [-0.25, -0.2) is 13.9 Å². The minimum absolute atomic E-state index is 0.0119. The normalized spacial score (nSPS) is 20.8. The third kappa shape index (κ3) is 5.06. The lowest BCUT2D eigenvalue weighted by Gasteiger charge is -2.43. The molecule has 9 heteroatoms. The molecule has 0 unspecified atom stereocenters. The van der Waals surface area contributed by atoms with Crippen molar-refractivity contribution in [2.75, 3.05) is 21.2 Å². The Balaban J connectivity index is 2.08. The van der Waals surface area contributed by atoms with Gasteiger partial charge in [0.1, 0.15) is 5.75 Å². The Morgan fingerprint density at radius 2 is 1.67 bits per heavy atom. The first-order valence-electron chi connectivity index (χ1n) is 11.0. The maximum Gasteiger partial charge on any atom is 0.280 e. The molecule has 1 amide bonds. The highest BCUT2D eigenvalue weighted by Gasteiger charge is 2.57. The molecule has 3 rings (SSSR count). The highest BCUT2D eigenvalue weighted by atomic mass is 32.2. The molecule has 1 fully saturated rings. The lowest BCUT2D eigenvalue weighted by Crippen LogP contribution is -2.66. The minimum atomic E-state index is -4.26. The van der Waals surface area contributed by atoms with E-state index in [0.29, 0.717) is 24.6 Å². The summed E-state index contributed by atoms with van der Waals surface area (Å²) in [4.78, 5) is 13.3. The molecule has 2 aromatic carbocycles. The summed E-state index contributed by atoms with van der Waals surface area (Å²) in [7, 11) is 1.24. The zero-order chi connectivity index (χ0) is 24.1. The van der Waals surface area contributed by atoms with Crippen LogP contribution in [0.25, 0.3) is 0 Å². The van der Waals surface area contributed by atoms with Gasteiger partial charge < -0.3 is 9.64 Å². The molecule has 33 heavy (non-hydrogen) atoms. The zero-order valence-corrected chi connectivity index (χ0v) is 20.1. The Bertz CT molecular complexity index is 1020. The predicted molar refractivity (Wildman–Crippen MR) is 126 cm³/mol. The largest absolute Gasteiger partial charge is 0.497 e. The fourth-order valence-corrected chi connectivity index (χ4v) is 6.79. The molecule has 180 valence electrons. The molecule has 1 saturated carbocycles. The number of sulfone groups is 1. The highest BCUT2D eigenvalue weighted by Crippen LogP contribution is 2.41. The Labute approximate surface area is 195 Å². The van der Waals surface area contributed by atoms with Gasteiger partial charge >= 0.3 is 0 Å². The van der Waals surface area contributed by atoms with E-state index < -0.39 is 26.5 Å². The Hall–Kier alpha value is -2.46. The number of carbonyl (C=O) groups is 1. The topological polar surface area (TPSA) is 108 Å². The monoisotopic (exact) mass is 475 g/mol. The van der Waals surface area contributed by atoms with Crippen molar-refractivity contribution in [3.05, 3.63) is 60.2 Å². The fraction of sp³-hybridized carbons (Fsp3) is 0.458. The summed E-state index contributed by atoms with van der Waals surface area (Å²) in [5, 5.41) is 12.8. The van der Waals surface area contributed by atoms with Gasteiger partial charge in [-0.3, -0.25) is 15.3 Å². The van der Waals surface area contributed by atoms with Crippen molar-refractivity contribution in [3.63, 3.8) is 0 Å². The van der Waals surface area contributed by atoms with Crippen LogP contribution in [0.4, 0.5) is 0 Å². The van der Waals surface area contributed by atoms with Crippen molar-refractivity contribution >= 4 is 15.7 Å². The van der Waals surface area contributed by atoms with Crippen LogP contribution in [0.1, 0.15) is 31.2 Å². The molecule has 1 aliphatic rings. The maximum absolute atomic E-state index is 14.1. The lowest BCUT2D eigenvalue weighted by atomic mass is 9.80. The van der Waals surface area contributed by atoms with Crippen LogP contribution in [0.5, 0.6) is 5.75 Å². The lowest BCUT2D eigenvalue weighted by molar-refractivity contribution is -0.135. The van der Waals surface area contributed by atoms with E-state index in [-0.39, 0.29) is 11.4 Å². The number of ether oxygens (including phenoxy) is 1. The molecule has 0 heterocycles. The van der Waals surface area contributed by atoms with Crippen LogP contribution in [0, 0.1) is 5.92 Å². The van der Waals surface area contributed by atoms with E-state index in [1.54, 1.807) is 17.6 Å². The molecule has 8 nitrogen and oxygen atoms in total. The van der Waals surface area contributed by atoms with E-state index >= 15 is 0 Å². The van der Waals surface area contributed by atoms with Crippen molar-refractivity contribution in [2.24, 2.45) is 5.92 Å². The van der Waals surface area contributed by atoms with Crippen LogP contribution in [-0.2, 0) is 21.2 Å². The van der Waals surface area contributed by atoms with Gasteiger partial charge in [-0.1, -0.05) is 30.3 Å². The molecular weight excluding hydrogens is 442 g/mol. The first-order valence-corrected chi connectivity index (χ1v) is 12.5. The second-order valence-corrected chi connectivity index (χ2v) is 10.8. The SMILES string of the molecule is COc1ccc(S(=O)(=O)[C@@](NCc2ccccc2)(C(=O)NO)C2CCC(N(C)C)CC2)cc1. The quantitative estimate of drug-likeness (QED) is 0.378. The van der Waals surface area contributed by atoms with Crippen molar-refractivity contribution in [1.82, 2.24) is 15.7 Å². The number of methoxy groups -OCH3 is 1. The van der Waals surface area contributed by atoms with Gasteiger partial charge in [0.05, 0.1) is 12.0 Å². The second kappa shape index (κ2) is 10.6. The molecule has 3 N–H and O–H groups in total. The number of amides is 1. The summed E-state index contributed by atoms with van der Waals surface area (Å²) < 4.78 is 33.4. The Kier molecular flexibility index (Phi) is 8.12. The summed E-state index contributed by atoms with van der Waals surface area (Å²) >= 11 is 0. The molecule has 0 saturated heterocycles. The molecule has 1 aliphatic carbocycles. The number of benzene rings is 2. The summed E-state index contributed by atoms with van der Waals surface area (Å²) in [6.07, 6.45) is 2.55. The zero-order valence-electron chi connectivity index (χ0n) is 19.3. The molecule has 0 spiro atoms. The molecule has 0 aliphatic heterocycles. The molecule has 0 aromatic heterocycles. The number of rotatable bonds is 9. The number of carbonyl (C=O) groups excluding carboxylic acids is 1.